The summed E-state index contributed by atoms with van der Waals surface area (Å²) in [5.74, 6) is -0.564. The van der Waals surface area contributed by atoms with Crippen LogP contribution in [0.4, 0.5) is 0 Å². The third-order valence-electron chi connectivity index (χ3n) is 2.34. The molecule has 0 atom stereocenters. The van der Waals surface area contributed by atoms with Crippen molar-refractivity contribution in [1.82, 2.24) is 5.32 Å². The molecule has 4 heteroatoms. The second kappa shape index (κ2) is 10.3. The molecule has 0 aliphatic rings. The van der Waals surface area contributed by atoms with Gasteiger partial charge in [0.25, 0.3) is 0 Å². The normalized spacial score (nSPS) is 11.2. The van der Waals surface area contributed by atoms with Gasteiger partial charge in [-0.05, 0) is 6.42 Å². The van der Waals surface area contributed by atoms with Crippen molar-refractivity contribution in [3.05, 3.63) is 12.0 Å². The molecule has 0 bridgehead atoms. The summed E-state index contributed by atoms with van der Waals surface area (Å²) >= 11 is 0. The summed E-state index contributed by atoms with van der Waals surface area (Å²) in [4.78, 5) is 11.2. The predicted octanol–water partition coefficient (Wildman–Crippen LogP) is 1.31. The minimum Gasteiger partial charge on any atom is -0.876 e. The van der Waals surface area contributed by atoms with Crippen LogP contribution in [0, 0.1) is 0 Å². The molecule has 0 radical (unpaired) electrons. The molecule has 0 unspecified atom stereocenters. The molecule has 0 fully saturated rings. The van der Waals surface area contributed by atoms with E-state index in [0.29, 0.717) is 12.9 Å². The molecule has 4 nitrogen and oxygen atoms in total. The molecule has 0 aliphatic heterocycles. The number of esters is 1. The first-order valence-electron chi connectivity index (χ1n) is 5.93. The van der Waals surface area contributed by atoms with Crippen molar-refractivity contribution in [2.24, 2.45) is 0 Å². The van der Waals surface area contributed by atoms with E-state index in [1.807, 2.05) is 0 Å². The minimum absolute atomic E-state index is 0.0222. The summed E-state index contributed by atoms with van der Waals surface area (Å²) in [7, 11) is 1.52. The van der Waals surface area contributed by atoms with Gasteiger partial charge in [-0.3, -0.25) is 0 Å². The lowest BCUT2D eigenvalue weighted by molar-refractivity contribution is -0.276. The number of carbonyl (C=O) groups excluding carboxylic acids is 1. The molecule has 0 saturated carbocycles. The van der Waals surface area contributed by atoms with Gasteiger partial charge in [0.1, 0.15) is 5.70 Å². The molecule has 0 amide bonds. The van der Waals surface area contributed by atoms with Crippen molar-refractivity contribution in [3.8, 4) is 0 Å². The molecule has 0 aromatic heterocycles. The van der Waals surface area contributed by atoms with Crippen LogP contribution in [0.5, 0.6) is 0 Å². The molecule has 1 N–H and O–H groups in total. The fourth-order valence-corrected chi connectivity index (χ4v) is 1.33. The van der Waals surface area contributed by atoms with E-state index in [2.05, 4.69) is 12.2 Å². The van der Waals surface area contributed by atoms with E-state index < -0.39 is 5.97 Å². The van der Waals surface area contributed by atoms with Crippen molar-refractivity contribution in [2.75, 3.05) is 13.7 Å². The lowest BCUT2D eigenvalue weighted by Gasteiger charge is -2.09. The molecular formula is C12H22NO3-. The molecule has 16 heavy (non-hydrogen) atoms. The van der Waals surface area contributed by atoms with Gasteiger partial charge in [0.2, 0.25) is 0 Å². The van der Waals surface area contributed by atoms with E-state index in [1.54, 1.807) is 0 Å². The Hall–Kier alpha value is -1.19. The first kappa shape index (κ1) is 14.8. The van der Waals surface area contributed by atoms with Crippen LogP contribution in [0.25, 0.3) is 0 Å². The fourth-order valence-electron chi connectivity index (χ4n) is 1.33. The highest BCUT2D eigenvalue weighted by molar-refractivity contribution is 5.87. The van der Waals surface area contributed by atoms with Gasteiger partial charge < -0.3 is 15.2 Å². The summed E-state index contributed by atoms with van der Waals surface area (Å²) in [6.45, 7) is 2.57. The molecular weight excluding hydrogens is 206 g/mol. The quantitative estimate of drug-likeness (QED) is 0.280. The molecule has 0 aromatic carbocycles. The Kier molecular flexibility index (Phi) is 9.56. The Labute approximate surface area is 97.7 Å². The summed E-state index contributed by atoms with van der Waals surface area (Å²) in [5, 5.41) is 12.9. The maximum Gasteiger partial charge on any atom is 0.353 e. The molecule has 0 heterocycles. The van der Waals surface area contributed by atoms with Crippen LogP contribution >= 0.6 is 0 Å². The molecule has 0 aliphatic carbocycles. The highest BCUT2D eigenvalue weighted by atomic mass is 16.5. The van der Waals surface area contributed by atoms with Crippen LogP contribution in [0.2, 0.25) is 0 Å². The van der Waals surface area contributed by atoms with Gasteiger partial charge in [-0.2, -0.15) is 0 Å². The van der Waals surface area contributed by atoms with E-state index in [4.69, 9.17) is 4.74 Å². The number of hydrogen-bond donors (Lipinski definition) is 1. The molecule has 0 aromatic rings. The first-order chi connectivity index (χ1) is 7.76. The van der Waals surface area contributed by atoms with Crippen molar-refractivity contribution in [1.29, 1.82) is 0 Å². The lowest BCUT2D eigenvalue weighted by atomic mass is 10.1. The van der Waals surface area contributed by atoms with Gasteiger partial charge >= 0.3 is 5.97 Å². The number of likely N-dealkylation sites (N-methyl/N-ethyl adjacent to an activating group) is 1. The van der Waals surface area contributed by atoms with Crippen LogP contribution in [0.15, 0.2) is 12.0 Å². The van der Waals surface area contributed by atoms with Gasteiger partial charge in [-0.1, -0.05) is 39.0 Å². The standard InChI is InChI=1S/C12H23NO3/c1-3-4-5-6-7-8-9-16-12(15)11(10-14)13-2/h10,13-14H,3-9H2,1-2H3/p-1/b11-10+. The summed E-state index contributed by atoms with van der Waals surface area (Å²) in [5.41, 5.74) is -0.0222. The highest BCUT2D eigenvalue weighted by Crippen LogP contribution is 2.05. The zero-order valence-corrected chi connectivity index (χ0v) is 10.3. The van der Waals surface area contributed by atoms with E-state index in [-0.39, 0.29) is 5.70 Å². The number of unbranched alkanes of at least 4 members (excludes halogenated alkanes) is 5. The monoisotopic (exact) mass is 228 g/mol. The number of ether oxygens (including phenoxy) is 1. The smallest absolute Gasteiger partial charge is 0.353 e. The van der Waals surface area contributed by atoms with E-state index in [0.717, 1.165) is 12.8 Å². The number of nitrogens with one attached hydrogen (secondary N) is 1. The Bertz CT molecular complexity index is 214. The van der Waals surface area contributed by atoms with Gasteiger partial charge in [-0.15, -0.1) is 6.26 Å². The summed E-state index contributed by atoms with van der Waals surface area (Å²) in [6, 6.07) is 0. The Morgan fingerprint density at radius 3 is 2.44 bits per heavy atom. The molecule has 0 saturated heterocycles. The lowest BCUT2D eigenvalue weighted by Crippen LogP contribution is -2.21. The van der Waals surface area contributed by atoms with Crippen LogP contribution in [0.1, 0.15) is 45.4 Å². The number of hydrogen-bond acceptors (Lipinski definition) is 4. The largest absolute Gasteiger partial charge is 0.876 e. The molecule has 94 valence electrons. The third kappa shape index (κ3) is 7.15. The van der Waals surface area contributed by atoms with Crippen molar-refractivity contribution in [2.45, 2.75) is 45.4 Å². The number of carbonyl (C=O) groups is 1. The Balaban J connectivity index is 3.41. The average Bonchev–Trinajstić information content (AvgIpc) is 2.29. The maximum atomic E-state index is 11.2. The molecule has 0 rings (SSSR count). The topological polar surface area (TPSA) is 61.4 Å². The van der Waals surface area contributed by atoms with E-state index >= 15 is 0 Å². The average molecular weight is 228 g/mol. The second-order valence-corrected chi connectivity index (χ2v) is 3.69. The number of rotatable bonds is 9. The minimum atomic E-state index is -0.564. The van der Waals surface area contributed by atoms with E-state index in [9.17, 15) is 9.90 Å². The summed E-state index contributed by atoms with van der Waals surface area (Å²) in [6.07, 6.45) is 7.34. The SMILES string of the molecule is CCCCCCCCOC(=O)/C(=C\[O-])NC. The highest BCUT2D eigenvalue weighted by Gasteiger charge is 2.05. The van der Waals surface area contributed by atoms with Crippen LogP contribution < -0.4 is 10.4 Å². The van der Waals surface area contributed by atoms with Gasteiger partial charge in [-0.25, -0.2) is 4.79 Å². The predicted molar refractivity (Wildman–Crippen MR) is 61.5 cm³/mol. The Morgan fingerprint density at radius 1 is 1.25 bits per heavy atom. The first-order valence-corrected chi connectivity index (χ1v) is 5.93. The maximum absolute atomic E-state index is 11.2. The van der Waals surface area contributed by atoms with Crippen molar-refractivity contribution < 1.29 is 14.6 Å². The fraction of sp³-hybridized carbons (Fsp3) is 0.750. The zero-order valence-electron chi connectivity index (χ0n) is 10.3. The van der Waals surface area contributed by atoms with Gasteiger partial charge in [0.05, 0.1) is 6.61 Å². The van der Waals surface area contributed by atoms with Crippen molar-refractivity contribution in [3.63, 3.8) is 0 Å². The summed E-state index contributed by atoms with van der Waals surface area (Å²) < 4.78 is 4.92. The van der Waals surface area contributed by atoms with Crippen LogP contribution in [-0.2, 0) is 9.53 Å². The Morgan fingerprint density at radius 2 is 1.88 bits per heavy atom. The van der Waals surface area contributed by atoms with Gasteiger partial charge in [0.15, 0.2) is 0 Å². The third-order valence-corrected chi connectivity index (χ3v) is 2.34. The molecule has 0 spiro atoms. The second-order valence-electron chi connectivity index (χ2n) is 3.69. The van der Waals surface area contributed by atoms with Crippen LogP contribution in [0.3, 0.4) is 0 Å². The van der Waals surface area contributed by atoms with E-state index in [1.165, 1.54) is 32.7 Å². The van der Waals surface area contributed by atoms with Crippen LogP contribution in [-0.4, -0.2) is 19.6 Å². The van der Waals surface area contributed by atoms with Crippen molar-refractivity contribution >= 4 is 5.97 Å². The van der Waals surface area contributed by atoms with Gasteiger partial charge in [0, 0.05) is 7.05 Å². The zero-order chi connectivity index (χ0) is 12.2.